The van der Waals surface area contributed by atoms with E-state index in [1.807, 2.05) is 12.1 Å². The van der Waals surface area contributed by atoms with Crippen molar-refractivity contribution in [1.29, 1.82) is 0 Å². The van der Waals surface area contributed by atoms with E-state index in [0.29, 0.717) is 18.8 Å². The quantitative estimate of drug-likeness (QED) is 0.577. The van der Waals surface area contributed by atoms with E-state index in [9.17, 15) is 10.2 Å². The molecule has 1 heterocycles. The molecule has 0 bridgehead atoms. The number of nitrogens with zero attached hydrogens (tertiary/aromatic N) is 1. The number of benzene rings is 2. The third-order valence-corrected chi connectivity index (χ3v) is 6.73. The molecule has 0 radical (unpaired) electrons. The maximum atomic E-state index is 10.3. The highest BCUT2D eigenvalue weighted by Gasteiger charge is 2.20. The second-order valence-corrected chi connectivity index (χ2v) is 9.07. The predicted molar refractivity (Wildman–Crippen MR) is 133 cm³/mol. The molecule has 1 atom stereocenters. The summed E-state index contributed by atoms with van der Waals surface area (Å²) in [4.78, 5) is 2.41. The molecular weight excluding hydrogens is 394 g/mol. The van der Waals surface area contributed by atoms with Gasteiger partial charge in [0.1, 0.15) is 0 Å². The maximum absolute atomic E-state index is 10.3. The van der Waals surface area contributed by atoms with Gasteiger partial charge in [-0.05, 0) is 97.6 Å². The van der Waals surface area contributed by atoms with Crippen LogP contribution in [-0.2, 0) is 0 Å². The fraction of sp³-hybridized carbons (Fsp3) is 0.379. The number of aliphatic hydroxyl groups excluding tert-OH is 2. The standard InChI is InChI=1S/C29H35NO2/c1-30-18-16-23(17-19-30)22-12-14-25(15-13-22)29(26-9-5-10-27(32)21-26)28(11-6-20-31)24-7-3-2-4-8-24/h2-5,7-9,12-15,21,23,27,31-32H,6,10-11,16-20H2,1H3/b29-28+. The second kappa shape index (κ2) is 10.9. The minimum atomic E-state index is -0.460. The molecule has 2 N–H and O–H groups in total. The summed E-state index contributed by atoms with van der Waals surface area (Å²) in [5, 5.41) is 19.9. The summed E-state index contributed by atoms with van der Waals surface area (Å²) >= 11 is 0. The SMILES string of the molecule is CN1CCC(c2ccc(/C(C3=CC(O)CC=C3)=C(/CCCO)c3ccccc3)cc2)CC1. The van der Waals surface area contributed by atoms with Gasteiger partial charge in [0, 0.05) is 6.61 Å². The van der Waals surface area contributed by atoms with Crippen molar-refractivity contribution in [2.75, 3.05) is 26.7 Å². The van der Waals surface area contributed by atoms with Crippen LogP contribution in [0, 0.1) is 0 Å². The van der Waals surface area contributed by atoms with E-state index >= 15 is 0 Å². The lowest BCUT2D eigenvalue weighted by molar-refractivity contribution is 0.225. The number of piperidine rings is 1. The van der Waals surface area contributed by atoms with Crippen LogP contribution < -0.4 is 0 Å². The molecular formula is C29H35NO2. The van der Waals surface area contributed by atoms with Crippen LogP contribution in [-0.4, -0.2) is 48.0 Å². The molecule has 2 aliphatic rings. The third-order valence-electron chi connectivity index (χ3n) is 6.73. The Labute approximate surface area is 192 Å². The molecule has 1 saturated heterocycles. The van der Waals surface area contributed by atoms with Crippen molar-refractivity contribution in [3.05, 3.63) is 95.1 Å². The summed E-state index contributed by atoms with van der Waals surface area (Å²) < 4.78 is 0. The van der Waals surface area contributed by atoms with Gasteiger partial charge < -0.3 is 15.1 Å². The lowest BCUT2D eigenvalue weighted by Gasteiger charge is -2.29. The van der Waals surface area contributed by atoms with Crippen molar-refractivity contribution < 1.29 is 10.2 Å². The Morgan fingerprint density at radius 1 is 0.969 bits per heavy atom. The number of likely N-dealkylation sites (tertiary alicyclic amines) is 1. The van der Waals surface area contributed by atoms with E-state index in [0.717, 1.165) is 30.7 Å². The summed E-state index contributed by atoms with van der Waals surface area (Å²) in [7, 11) is 2.20. The monoisotopic (exact) mass is 429 g/mol. The van der Waals surface area contributed by atoms with Crippen molar-refractivity contribution in [3.63, 3.8) is 0 Å². The van der Waals surface area contributed by atoms with Crippen LogP contribution in [0.25, 0.3) is 11.1 Å². The molecule has 2 aromatic rings. The molecule has 1 aliphatic heterocycles. The maximum Gasteiger partial charge on any atom is 0.0764 e. The number of hydrogen-bond donors (Lipinski definition) is 2. The van der Waals surface area contributed by atoms with Gasteiger partial charge in [-0.15, -0.1) is 0 Å². The Balaban J connectivity index is 1.77. The van der Waals surface area contributed by atoms with E-state index in [1.165, 1.54) is 35.1 Å². The average molecular weight is 430 g/mol. The predicted octanol–water partition coefficient (Wildman–Crippen LogP) is 5.43. The molecule has 32 heavy (non-hydrogen) atoms. The Hall–Kier alpha value is -2.46. The molecule has 2 aromatic carbocycles. The molecule has 1 aliphatic carbocycles. The van der Waals surface area contributed by atoms with E-state index in [1.54, 1.807) is 0 Å². The van der Waals surface area contributed by atoms with Crippen LogP contribution in [0.2, 0.25) is 0 Å². The molecule has 4 rings (SSSR count). The number of hydrogen-bond acceptors (Lipinski definition) is 3. The first-order valence-electron chi connectivity index (χ1n) is 11.9. The largest absolute Gasteiger partial charge is 0.396 e. The zero-order valence-electron chi connectivity index (χ0n) is 19.1. The van der Waals surface area contributed by atoms with E-state index < -0.39 is 6.10 Å². The zero-order valence-corrected chi connectivity index (χ0v) is 19.1. The Bertz CT molecular complexity index is 964. The van der Waals surface area contributed by atoms with Crippen molar-refractivity contribution in [2.24, 2.45) is 0 Å². The van der Waals surface area contributed by atoms with Crippen LogP contribution in [0.4, 0.5) is 0 Å². The molecule has 0 amide bonds. The average Bonchev–Trinajstić information content (AvgIpc) is 2.83. The van der Waals surface area contributed by atoms with E-state index in [-0.39, 0.29) is 6.61 Å². The van der Waals surface area contributed by atoms with Crippen LogP contribution in [0.5, 0.6) is 0 Å². The Morgan fingerprint density at radius 2 is 1.69 bits per heavy atom. The fourth-order valence-electron chi connectivity index (χ4n) is 4.92. The van der Waals surface area contributed by atoms with E-state index in [4.69, 9.17) is 0 Å². The first kappa shape index (κ1) is 22.7. The molecule has 0 aromatic heterocycles. The van der Waals surface area contributed by atoms with Crippen molar-refractivity contribution in [1.82, 2.24) is 4.90 Å². The number of rotatable bonds is 7. The highest BCUT2D eigenvalue weighted by atomic mass is 16.3. The minimum absolute atomic E-state index is 0.163. The van der Waals surface area contributed by atoms with Gasteiger partial charge in [-0.2, -0.15) is 0 Å². The van der Waals surface area contributed by atoms with Crippen molar-refractivity contribution in [2.45, 2.75) is 44.1 Å². The second-order valence-electron chi connectivity index (χ2n) is 9.07. The minimum Gasteiger partial charge on any atom is -0.396 e. The number of allylic oxidation sites excluding steroid dienone is 4. The zero-order chi connectivity index (χ0) is 22.3. The van der Waals surface area contributed by atoms with E-state index in [2.05, 4.69) is 72.6 Å². The normalized spacial score (nSPS) is 20.7. The summed E-state index contributed by atoms with van der Waals surface area (Å²) in [5.74, 6) is 0.631. The Morgan fingerprint density at radius 3 is 2.34 bits per heavy atom. The molecule has 1 unspecified atom stereocenters. The van der Waals surface area contributed by atoms with Crippen LogP contribution in [0.1, 0.15) is 54.7 Å². The summed E-state index contributed by atoms with van der Waals surface area (Å²) in [6, 6.07) is 19.5. The van der Waals surface area contributed by atoms with Gasteiger partial charge in [0.05, 0.1) is 6.10 Å². The van der Waals surface area contributed by atoms with Crippen molar-refractivity contribution >= 4 is 11.1 Å². The van der Waals surface area contributed by atoms with Gasteiger partial charge >= 0.3 is 0 Å². The smallest absolute Gasteiger partial charge is 0.0764 e. The fourth-order valence-corrected chi connectivity index (χ4v) is 4.92. The van der Waals surface area contributed by atoms with Crippen LogP contribution in [0.3, 0.4) is 0 Å². The summed E-state index contributed by atoms with van der Waals surface area (Å²) in [5.41, 5.74) is 7.21. The summed E-state index contributed by atoms with van der Waals surface area (Å²) in [6.07, 6.45) is 10.3. The van der Waals surface area contributed by atoms with Gasteiger partial charge in [0.25, 0.3) is 0 Å². The van der Waals surface area contributed by atoms with Gasteiger partial charge in [0.15, 0.2) is 0 Å². The van der Waals surface area contributed by atoms with Gasteiger partial charge in [-0.1, -0.05) is 66.7 Å². The lowest BCUT2D eigenvalue weighted by Crippen LogP contribution is -2.29. The molecule has 168 valence electrons. The first-order chi connectivity index (χ1) is 15.7. The highest BCUT2D eigenvalue weighted by Crippen LogP contribution is 2.38. The molecule has 3 nitrogen and oxygen atoms in total. The van der Waals surface area contributed by atoms with Crippen molar-refractivity contribution in [3.8, 4) is 0 Å². The Kier molecular flexibility index (Phi) is 7.75. The topological polar surface area (TPSA) is 43.7 Å². The molecule has 0 spiro atoms. The van der Waals surface area contributed by atoms with Crippen LogP contribution in [0.15, 0.2) is 78.4 Å². The van der Waals surface area contributed by atoms with Gasteiger partial charge in [-0.3, -0.25) is 0 Å². The van der Waals surface area contributed by atoms with Crippen LogP contribution >= 0.6 is 0 Å². The third kappa shape index (κ3) is 5.47. The lowest BCUT2D eigenvalue weighted by atomic mass is 9.83. The molecule has 1 fully saturated rings. The van der Waals surface area contributed by atoms with Gasteiger partial charge in [0.2, 0.25) is 0 Å². The highest BCUT2D eigenvalue weighted by molar-refractivity contribution is 5.99. The van der Waals surface area contributed by atoms with Gasteiger partial charge in [-0.25, -0.2) is 0 Å². The first-order valence-corrected chi connectivity index (χ1v) is 11.9. The number of aliphatic hydroxyl groups is 2. The molecule has 3 heteroatoms. The summed E-state index contributed by atoms with van der Waals surface area (Å²) in [6.45, 7) is 2.48. The molecule has 0 saturated carbocycles.